The summed E-state index contributed by atoms with van der Waals surface area (Å²) >= 11 is 0. The minimum absolute atomic E-state index is 0.131. The Hall–Kier alpha value is -3.21. The van der Waals surface area contributed by atoms with Crippen molar-refractivity contribution in [2.45, 2.75) is 51.2 Å². The molecular formula is C24H27N5O2. The summed E-state index contributed by atoms with van der Waals surface area (Å²) in [6.45, 7) is 6.38. The van der Waals surface area contributed by atoms with Crippen LogP contribution in [0.25, 0.3) is 11.3 Å². The van der Waals surface area contributed by atoms with Crippen LogP contribution in [-0.2, 0) is 5.54 Å². The predicted octanol–water partition coefficient (Wildman–Crippen LogP) is 4.23. The molecule has 1 aliphatic carbocycles. The first-order valence-electron chi connectivity index (χ1n) is 10.5. The highest BCUT2D eigenvalue weighted by molar-refractivity contribution is 5.69. The summed E-state index contributed by atoms with van der Waals surface area (Å²) in [5, 5.41) is 24.1. The second kappa shape index (κ2) is 8.14. The van der Waals surface area contributed by atoms with Gasteiger partial charge in [-0.05, 0) is 57.9 Å². The molecule has 2 aromatic heterocycles. The zero-order valence-electron chi connectivity index (χ0n) is 18.0. The number of hydrogen-bond donors (Lipinski definition) is 2. The van der Waals surface area contributed by atoms with Crippen LogP contribution in [0.3, 0.4) is 0 Å². The van der Waals surface area contributed by atoms with E-state index in [1.165, 1.54) is 0 Å². The standard InChI is InChI=1S/C24H27N5O2/c1-24(2,3)29-23(11-20(28-29)16-5-6-16)31-22-10-15(12-25)4-8-18(22)19-9-7-17(14-27-19)21(30)13-26/h4,7-11,14,16,21,30H,5-6,13,26H2,1-3H3. The van der Waals surface area contributed by atoms with Crippen molar-refractivity contribution in [3.8, 4) is 29.0 Å². The van der Waals surface area contributed by atoms with Gasteiger partial charge in [0.15, 0.2) is 0 Å². The molecule has 1 atom stereocenters. The Bertz CT molecular complexity index is 1120. The van der Waals surface area contributed by atoms with Crippen LogP contribution in [0.5, 0.6) is 11.6 Å². The minimum atomic E-state index is -0.750. The molecule has 1 aliphatic rings. The summed E-state index contributed by atoms with van der Waals surface area (Å²) in [6, 6.07) is 13.1. The molecule has 0 amide bonds. The summed E-state index contributed by atoms with van der Waals surface area (Å²) in [4.78, 5) is 4.49. The van der Waals surface area contributed by atoms with Gasteiger partial charge in [-0.2, -0.15) is 10.4 Å². The first kappa shape index (κ1) is 21.0. The van der Waals surface area contributed by atoms with Crippen molar-refractivity contribution in [3.05, 3.63) is 59.4 Å². The smallest absolute Gasteiger partial charge is 0.218 e. The van der Waals surface area contributed by atoms with Crippen LogP contribution >= 0.6 is 0 Å². The van der Waals surface area contributed by atoms with Crippen LogP contribution in [0.15, 0.2) is 42.6 Å². The molecule has 0 saturated heterocycles. The summed E-state index contributed by atoms with van der Waals surface area (Å²) in [5.41, 5.74) is 8.90. The molecule has 0 radical (unpaired) electrons. The zero-order chi connectivity index (χ0) is 22.2. The third-order valence-corrected chi connectivity index (χ3v) is 5.32. The van der Waals surface area contributed by atoms with Crippen LogP contribution < -0.4 is 10.5 Å². The average Bonchev–Trinajstić information content (AvgIpc) is 3.52. The normalized spacial score (nSPS) is 14.8. The third kappa shape index (κ3) is 4.46. The molecule has 0 bridgehead atoms. The maximum absolute atomic E-state index is 9.93. The van der Waals surface area contributed by atoms with E-state index in [-0.39, 0.29) is 12.1 Å². The lowest BCUT2D eigenvalue weighted by atomic mass is 10.1. The van der Waals surface area contributed by atoms with Gasteiger partial charge >= 0.3 is 0 Å². The van der Waals surface area contributed by atoms with Crippen LogP contribution in [0, 0.1) is 11.3 Å². The number of ether oxygens (including phenoxy) is 1. The van der Waals surface area contributed by atoms with Crippen molar-refractivity contribution in [1.29, 1.82) is 5.26 Å². The fraction of sp³-hybridized carbons (Fsp3) is 0.375. The highest BCUT2D eigenvalue weighted by atomic mass is 16.5. The number of pyridine rings is 1. The van der Waals surface area contributed by atoms with E-state index in [9.17, 15) is 10.4 Å². The summed E-state index contributed by atoms with van der Waals surface area (Å²) in [7, 11) is 0. The number of aromatic nitrogens is 3. The van der Waals surface area contributed by atoms with Gasteiger partial charge in [0.2, 0.25) is 5.88 Å². The molecule has 1 unspecified atom stereocenters. The Morgan fingerprint density at radius 1 is 1.26 bits per heavy atom. The molecule has 7 heteroatoms. The number of aliphatic hydroxyl groups is 1. The molecule has 0 spiro atoms. The molecule has 31 heavy (non-hydrogen) atoms. The molecule has 1 saturated carbocycles. The number of benzene rings is 1. The lowest BCUT2D eigenvalue weighted by Gasteiger charge is -2.22. The summed E-state index contributed by atoms with van der Waals surface area (Å²) in [6.07, 6.45) is 3.17. The molecule has 1 fully saturated rings. The Morgan fingerprint density at radius 2 is 2.03 bits per heavy atom. The van der Waals surface area contributed by atoms with E-state index in [1.54, 1.807) is 24.4 Å². The Kier molecular flexibility index (Phi) is 5.52. The number of nitrogens with two attached hydrogens (primary N) is 1. The maximum atomic E-state index is 9.93. The lowest BCUT2D eigenvalue weighted by molar-refractivity contribution is 0.186. The molecule has 7 nitrogen and oxygen atoms in total. The number of hydrogen-bond acceptors (Lipinski definition) is 6. The first-order valence-corrected chi connectivity index (χ1v) is 10.5. The Labute approximate surface area is 182 Å². The van der Waals surface area contributed by atoms with E-state index in [2.05, 4.69) is 31.8 Å². The van der Waals surface area contributed by atoms with E-state index >= 15 is 0 Å². The predicted molar refractivity (Wildman–Crippen MR) is 118 cm³/mol. The average molecular weight is 418 g/mol. The van der Waals surface area contributed by atoms with Crippen molar-refractivity contribution >= 4 is 0 Å². The van der Waals surface area contributed by atoms with Gasteiger partial charge in [-0.3, -0.25) is 4.98 Å². The summed E-state index contributed by atoms with van der Waals surface area (Å²) in [5.74, 6) is 1.67. The van der Waals surface area contributed by atoms with Crippen LogP contribution in [0.1, 0.15) is 62.5 Å². The second-order valence-corrected chi connectivity index (χ2v) is 8.92. The van der Waals surface area contributed by atoms with Crippen molar-refractivity contribution < 1.29 is 9.84 Å². The lowest BCUT2D eigenvalue weighted by Crippen LogP contribution is -2.23. The molecule has 0 aliphatic heterocycles. The largest absolute Gasteiger partial charge is 0.439 e. The molecular weight excluding hydrogens is 390 g/mol. The van der Waals surface area contributed by atoms with E-state index in [1.807, 2.05) is 22.9 Å². The fourth-order valence-electron chi connectivity index (χ4n) is 3.41. The second-order valence-electron chi connectivity index (χ2n) is 8.92. The molecule has 3 aromatic rings. The topological polar surface area (TPSA) is 110 Å². The van der Waals surface area contributed by atoms with Crippen LogP contribution in [0.2, 0.25) is 0 Å². The van der Waals surface area contributed by atoms with Gasteiger partial charge in [0, 0.05) is 35.9 Å². The molecule has 4 rings (SSSR count). The van der Waals surface area contributed by atoms with Gasteiger partial charge in [0.25, 0.3) is 0 Å². The van der Waals surface area contributed by atoms with Gasteiger partial charge in [-0.15, -0.1) is 0 Å². The monoisotopic (exact) mass is 417 g/mol. The fourth-order valence-corrected chi connectivity index (χ4v) is 3.41. The number of aliphatic hydroxyl groups excluding tert-OH is 1. The minimum Gasteiger partial charge on any atom is -0.439 e. The highest BCUT2D eigenvalue weighted by Crippen LogP contribution is 2.43. The van der Waals surface area contributed by atoms with E-state index in [0.717, 1.165) is 24.1 Å². The molecule has 1 aromatic carbocycles. The Morgan fingerprint density at radius 3 is 2.61 bits per heavy atom. The molecule has 160 valence electrons. The van der Waals surface area contributed by atoms with Crippen LogP contribution in [-0.4, -0.2) is 26.4 Å². The number of rotatable bonds is 6. The van der Waals surface area contributed by atoms with Crippen molar-refractivity contribution in [3.63, 3.8) is 0 Å². The SMILES string of the molecule is CC(C)(C)n1nc(C2CC2)cc1Oc1cc(C#N)ccc1-c1ccc(C(O)CN)cn1. The third-order valence-electron chi connectivity index (χ3n) is 5.32. The maximum Gasteiger partial charge on any atom is 0.218 e. The molecule has 2 heterocycles. The van der Waals surface area contributed by atoms with E-state index < -0.39 is 6.10 Å². The van der Waals surface area contributed by atoms with Crippen molar-refractivity contribution in [2.75, 3.05) is 6.54 Å². The van der Waals surface area contributed by atoms with E-state index in [0.29, 0.717) is 34.4 Å². The number of nitriles is 1. The van der Waals surface area contributed by atoms with Gasteiger partial charge in [-0.1, -0.05) is 6.07 Å². The van der Waals surface area contributed by atoms with Gasteiger partial charge in [0.1, 0.15) is 5.75 Å². The van der Waals surface area contributed by atoms with Gasteiger partial charge < -0.3 is 15.6 Å². The highest BCUT2D eigenvalue weighted by Gasteiger charge is 2.30. The number of nitrogens with zero attached hydrogens (tertiary/aromatic N) is 4. The quantitative estimate of drug-likeness (QED) is 0.621. The van der Waals surface area contributed by atoms with Crippen molar-refractivity contribution in [2.24, 2.45) is 5.73 Å². The van der Waals surface area contributed by atoms with Gasteiger partial charge in [0.05, 0.1) is 34.7 Å². The van der Waals surface area contributed by atoms with Gasteiger partial charge in [-0.25, -0.2) is 4.68 Å². The summed E-state index contributed by atoms with van der Waals surface area (Å²) < 4.78 is 8.26. The Balaban J connectivity index is 1.74. The zero-order valence-corrected chi connectivity index (χ0v) is 18.0. The first-order chi connectivity index (χ1) is 14.8. The van der Waals surface area contributed by atoms with Crippen molar-refractivity contribution in [1.82, 2.24) is 14.8 Å². The molecule has 3 N–H and O–H groups in total. The van der Waals surface area contributed by atoms with Crippen LogP contribution in [0.4, 0.5) is 0 Å². The van der Waals surface area contributed by atoms with E-state index in [4.69, 9.17) is 15.6 Å².